The van der Waals surface area contributed by atoms with Crippen LogP contribution in [-0.4, -0.2) is 51.7 Å². The second kappa shape index (κ2) is 11.6. The Kier molecular flexibility index (Phi) is 8.03. The molecule has 5 rings (SSSR count). The van der Waals surface area contributed by atoms with Crippen molar-refractivity contribution in [2.24, 2.45) is 11.8 Å². The van der Waals surface area contributed by atoms with Crippen LogP contribution < -0.4 is 10.6 Å². The molecular weight excluding hydrogens is 494 g/mol. The van der Waals surface area contributed by atoms with Gasteiger partial charge in [0.05, 0.1) is 25.1 Å². The van der Waals surface area contributed by atoms with E-state index >= 15 is 0 Å². The van der Waals surface area contributed by atoms with Crippen LogP contribution in [0.25, 0.3) is 0 Å². The standard InChI is InChI=1S/C26H31N5O3S2/c1-34-25(33)18-9-10-20-21(14-18)27-22(28-24(20)32)16-36-26-30-29-23(15-19-8-5-13-35-19)31(26)12-11-17-6-3-2-4-7-17/h2-8,13,18,20-22,27H,9-12,14-16H2,1H3,(H,28,32). The number of aryl methyl sites for hydroxylation is 1. The lowest BCUT2D eigenvalue weighted by Gasteiger charge is -2.41. The third-order valence-electron chi connectivity index (χ3n) is 7.01. The van der Waals surface area contributed by atoms with Gasteiger partial charge in [-0.2, -0.15) is 0 Å². The third kappa shape index (κ3) is 5.82. The number of methoxy groups -OCH3 is 1. The van der Waals surface area contributed by atoms with Gasteiger partial charge in [0.1, 0.15) is 5.82 Å². The number of carbonyl (C=O) groups is 2. The van der Waals surface area contributed by atoms with E-state index in [1.807, 2.05) is 6.07 Å². The largest absolute Gasteiger partial charge is 0.469 e. The minimum Gasteiger partial charge on any atom is -0.469 e. The monoisotopic (exact) mass is 525 g/mol. The summed E-state index contributed by atoms with van der Waals surface area (Å²) in [5.41, 5.74) is 1.27. The number of nitrogens with zero attached hydrogens (tertiary/aromatic N) is 3. The number of hydrogen-bond acceptors (Lipinski definition) is 8. The highest BCUT2D eigenvalue weighted by Gasteiger charge is 2.42. The van der Waals surface area contributed by atoms with E-state index in [1.165, 1.54) is 17.6 Å². The molecule has 10 heteroatoms. The number of ether oxygens (including phenoxy) is 1. The van der Waals surface area contributed by atoms with Crippen molar-refractivity contribution < 1.29 is 14.3 Å². The van der Waals surface area contributed by atoms with E-state index in [2.05, 4.69) is 67.2 Å². The summed E-state index contributed by atoms with van der Waals surface area (Å²) in [7, 11) is 1.43. The Morgan fingerprint density at radius 3 is 2.83 bits per heavy atom. The Bertz CT molecular complexity index is 1170. The number of rotatable bonds is 9. The van der Waals surface area contributed by atoms with Crippen molar-refractivity contribution in [1.29, 1.82) is 0 Å². The average molecular weight is 526 g/mol. The first kappa shape index (κ1) is 25.0. The number of hydrogen-bond donors (Lipinski definition) is 2. The number of amides is 1. The molecule has 1 aliphatic heterocycles. The highest BCUT2D eigenvalue weighted by atomic mass is 32.2. The van der Waals surface area contributed by atoms with Crippen molar-refractivity contribution in [3.8, 4) is 0 Å². The summed E-state index contributed by atoms with van der Waals surface area (Å²) in [6.07, 6.45) is 3.46. The molecule has 4 atom stereocenters. The molecule has 0 radical (unpaired) electrons. The van der Waals surface area contributed by atoms with Crippen LogP contribution in [0.1, 0.15) is 35.5 Å². The second-order valence-corrected chi connectivity index (χ2v) is 11.3. The van der Waals surface area contributed by atoms with Crippen LogP contribution in [-0.2, 0) is 33.7 Å². The van der Waals surface area contributed by atoms with Crippen molar-refractivity contribution in [2.45, 2.75) is 56.0 Å². The van der Waals surface area contributed by atoms with Gasteiger partial charge in [0.25, 0.3) is 0 Å². The van der Waals surface area contributed by atoms with Gasteiger partial charge in [0.2, 0.25) is 5.91 Å². The molecule has 1 saturated carbocycles. The molecule has 1 amide bonds. The van der Waals surface area contributed by atoms with E-state index in [1.54, 1.807) is 23.1 Å². The molecule has 190 valence electrons. The van der Waals surface area contributed by atoms with Gasteiger partial charge in [-0.05, 0) is 42.7 Å². The summed E-state index contributed by atoms with van der Waals surface area (Å²) >= 11 is 3.32. The Labute approximate surface area is 219 Å². The fraction of sp³-hybridized carbons (Fsp3) is 0.462. The summed E-state index contributed by atoms with van der Waals surface area (Å²) in [6.45, 7) is 0.788. The van der Waals surface area contributed by atoms with Gasteiger partial charge in [0.15, 0.2) is 5.16 Å². The SMILES string of the molecule is COC(=O)C1CCC2C(=O)NC(CSc3nnc(Cc4cccs4)n3CCc3ccccc3)NC2C1. The molecule has 3 aromatic rings. The molecule has 3 heterocycles. The molecular formula is C26H31N5O3S2. The molecule has 2 fully saturated rings. The number of thiophene rings is 1. The molecule has 1 saturated heterocycles. The molecule has 4 unspecified atom stereocenters. The highest BCUT2D eigenvalue weighted by molar-refractivity contribution is 7.99. The minimum atomic E-state index is -0.194. The first-order valence-corrected chi connectivity index (χ1v) is 14.2. The molecule has 2 aromatic heterocycles. The van der Waals surface area contributed by atoms with Crippen LogP contribution in [0.3, 0.4) is 0 Å². The molecule has 8 nitrogen and oxygen atoms in total. The average Bonchev–Trinajstić information content (AvgIpc) is 3.56. The molecule has 0 bridgehead atoms. The first-order valence-electron chi connectivity index (χ1n) is 12.4. The van der Waals surface area contributed by atoms with Crippen LogP contribution in [0, 0.1) is 11.8 Å². The normalized spacial score (nSPS) is 23.6. The minimum absolute atomic E-state index is 0.0208. The van der Waals surface area contributed by atoms with Gasteiger partial charge < -0.3 is 14.6 Å². The van der Waals surface area contributed by atoms with Gasteiger partial charge in [-0.3, -0.25) is 14.9 Å². The topological polar surface area (TPSA) is 98.1 Å². The number of carbonyl (C=O) groups excluding carboxylic acids is 2. The van der Waals surface area contributed by atoms with Crippen LogP contribution in [0.4, 0.5) is 0 Å². The second-order valence-electron chi connectivity index (χ2n) is 9.33. The Hall–Kier alpha value is -2.69. The molecule has 1 aromatic carbocycles. The maximum atomic E-state index is 12.8. The maximum Gasteiger partial charge on any atom is 0.308 e. The summed E-state index contributed by atoms with van der Waals surface area (Å²) in [6, 6.07) is 14.6. The molecule has 0 spiro atoms. The first-order chi connectivity index (χ1) is 17.6. The summed E-state index contributed by atoms with van der Waals surface area (Å²) in [5, 5.41) is 18.7. The highest BCUT2D eigenvalue weighted by Crippen LogP contribution is 2.33. The van der Waals surface area contributed by atoms with Crippen molar-refractivity contribution in [3.63, 3.8) is 0 Å². The van der Waals surface area contributed by atoms with Crippen molar-refractivity contribution >= 4 is 35.0 Å². The fourth-order valence-corrected chi connectivity index (χ4v) is 6.76. The van der Waals surface area contributed by atoms with Crippen LogP contribution in [0.2, 0.25) is 0 Å². The van der Waals surface area contributed by atoms with Gasteiger partial charge in [-0.25, -0.2) is 0 Å². The van der Waals surface area contributed by atoms with Gasteiger partial charge in [-0.15, -0.1) is 21.5 Å². The predicted molar refractivity (Wildman–Crippen MR) is 140 cm³/mol. The zero-order valence-electron chi connectivity index (χ0n) is 20.3. The van der Waals surface area contributed by atoms with Crippen molar-refractivity contribution in [2.75, 3.05) is 12.9 Å². The van der Waals surface area contributed by atoms with E-state index < -0.39 is 0 Å². The van der Waals surface area contributed by atoms with Crippen LogP contribution in [0.15, 0.2) is 53.0 Å². The number of benzene rings is 1. The Balaban J connectivity index is 1.26. The van der Waals surface area contributed by atoms with E-state index in [0.717, 1.165) is 30.4 Å². The van der Waals surface area contributed by atoms with E-state index in [0.29, 0.717) is 25.0 Å². The lowest BCUT2D eigenvalue weighted by atomic mass is 9.76. The summed E-state index contributed by atoms with van der Waals surface area (Å²) in [4.78, 5) is 26.1. The van der Waals surface area contributed by atoms with E-state index in [4.69, 9.17) is 4.74 Å². The Morgan fingerprint density at radius 1 is 1.19 bits per heavy atom. The predicted octanol–water partition coefficient (Wildman–Crippen LogP) is 3.27. The van der Waals surface area contributed by atoms with Gasteiger partial charge in [-0.1, -0.05) is 48.2 Å². The quantitative estimate of drug-likeness (QED) is 0.327. The molecule has 2 N–H and O–H groups in total. The molecule has 36 heavy (non-hydrogen) atoms. The molecule has 2 aliphatic rings. The number of esters is 1. The molecule has 1 aliphatic carbocycles. The van der Waals surface area contributed by atoms with Crippen LogP contribution >= 0.6 is 23.1 Å². The van der Waals surface area contributed by atoms with Crippen LogP contribution in [0.5, 0.6) is 0 Å². The zero-order chi connectivity index (χ0) is 24.9. The third-order valence-corrected chi connectivity index (χ3v) is 8.94. The Morgan fingerprint density at radius 2 is 2.06 bits per heavy atom. The van der Waals surface area contributed by atoms with Gasteiger partial charge in [0, 0.05) is 29.6 Å². The van der Waals surface area contributed by atoms with E-state index in [9.17, 15) is 9.59 Å². The maximum absolute atomic E-state index is 12.8. The summed E-state index contributed by atoms with van der Waals surface area (Å²) in [5.74, 6) is 1.21. The lowest BCUT2D eigenvalue weighted by molar-refractivity contribution is -0.149. The van der Waals surface area contributed by atoms with Crippen molar-refractivity contribution in [3.05, 3.63) is 64.1 Å². The number of aromatic nitrogens is 3. The number of thioether (sulfide) groups is 1. The number of fused-ring (bicyclic) bond motifs is 1. The van der Waals surface area contributed by atoms with Gasteiger partial charge >= 0.3 is 5.97 Å². The summed E-state index contributed by atoms with van der Waals surface area (Å²) < 4.78 is 7.15. The fourth-order valence-electron chi connectivity index (χ4n) is 5.11. The van der Waals surface area contributed by atoms with Crippen molar-refractivity contribution in [1.82, 2.24) is 25.4 Å². The number of nitrogens with one attached hydrogen (secondary N) is 2. The van der Waals surface area contributed by atoms with E-state index in [-0.39, 0.29) is 35.9 Å². The zero-order valence-corrected chi connectivity index (χ0v) is 21.9. The lowest BCUT2D eigenvalue weighted by Crippen LogP contribution is -2.63. The smallest absolute Gasteiger partial charge is 0.308 e.